The maximum Gasteiger partial charge on any atom is 0.0928 e. The van der Waals surface area contributed by atoms with Crippen molar-refractivity contribution in [3.63, 3.8) is 0 Å². The van der Waals surface area contributed by atoms with Crippen LogP contribution < -0.4 is 0 Å². The summed E-state index contributed by atoms with van der Waals surface area (Å²) in [5, 5.41) is 10.4. The van der Waals surface area contributed by atoms with Crippen molar-refractivity contribution in [3.8, 4) is 0 Å². The Morgan fingerprint density at radius 3 is 3.07 bits per heavy atom. The van der Waals surface area contributed by atoms with Gasteiger partial charge in [-0.15, -0.1) is 6.58 Å². The third-order valence-corrected chi connectivity index (χ3v) is 2.77. The smallest absolute Gasteiger partial charge is 0.0928 e. The van der Waals surface area contributed by atoms with E-state index in [2.05, 4.69) is 19.6 Å². The van der Waals surface area contributed by atoms with Gasteiger partial charge >= 0.3 is 0 Å². The second kappa shape index (κ2) is 5.16. The van der Waals surface area contributed by atoms with E-state index in [9.17, 15) is 5.11 Å². The zero-order chi connectivity index (χ0) is 10.4. The van der Waals surface area contributed by atoms with Gasteiger partial charge in [0, 0.05) is 0 Å². The summed E-state index contributed by atoms with van der Waals surface area (Å²) in [6.07, 6.45) is 12.7. The fourth-order valence-corrected chi connectivity index (χ4v) is 1.87. The quantitative estimate of drug-likeness (QED) is 0.662. The average molecular weight is 192 g/mol. The van der Waals surface area contributed by atoms with Gasteiger partial charge in [-0.2, -0.15) is 0 Å². The fourth-order valence-electron chi connectivity index (χ4n) is 1.87. The third kappa shape index (κ3) is 2.58. The van der Waals surface area contributed by atoms with Crippen molar-refractivity contribution in [2.24, 2.45) is 0 Å². The Bertz CT molecular complexity index is 246. The fraction of sp³-hybridized carbons (Fsp3) is 0.538. The molecule has 0 heterocycles. The van der Waals surface area contributed by atoms with Gasteiger partial charge in [-0.05, 0) is 31.3 Å². The van der Waals surface area contributed by atoms with E-state index in [-0.39, 0.29) is 0 Å². The van der Waals surface area contributed by atoms with E-state index in [0.29, 0.717) is 6.42 Å². The molecule has 1 aliphatic carbocycles. The summed E-state index contributed by atoms with van der Waals surface area (Å²) in [5.74, 6) is 0. The molecule has 1 N–H and O–H groups in total. The van der Waals surface area contributed by atoms with Gasteiger partial charge in [0.1, 0.15) is 0 Å². The highest BCUT2D eigenvalue weighted by Crippen LogP contribution is 2.32. The van der Waals surface area contributed by atoms with E-state index < -0.39 is 5.60 Å². The second-order valence-electron chi connectivity index (χ2n) is 3.95. The van der Waals surface area contributed by atoms with Crippen LogP contribution in [-0.2, 0) is 0 Å². The SMILES string of the molecule is C=CCC1(O)CC=CC=C1CCCC. The normalized spacial score (nSPS) is 26.0. The summed E-state index contributed by atoms with van der Waals surface area (Å²) in [7, 11) is 0. The Kier molecular flexibility index (Phi) is 4.15. The molecule has 78 valence electrons. The molecular weight excluding hydrogens is 172 g/mol. The maximum atomic E-state index is 10.4. The Hall–Kier alpha value is -0.820. The van der Waals surface area contributed by atoms with Gasteiger partial charge in [-0.1, -0.05) is 37.6 Å². The number of hydrogen-bond acceptors (Lipinski definition) is 1. The largest absolute Gasteiger partial charge is 0.385 e. The lowest BCUT2D eigenvalue weighted by atomic mass is 9.81. The van der Waals surface area contributed by atoms with E-state index in [0.717, 1.165) is 19.3 Å². The van der Waals surface area contributed by atoms with E-state index in [1.807, 2.05) is 12.2 Å². The molecular formula is C13H20O. The van der Waals surface area contributed by atoms with Crippen molar-refractivity contribution in [1.29, 1.82) is 0 Å². The lowest BCUT2D eigenvalue weighted by Gasteiger charge is -2.31. The van der Waals surface area contributed by atoms with Gasteiger partial charge in [-0.3, -0.25) is 0 Å². The van der Waals surface area contributed by atoms with Crippen LogP contribution in [0.25, 0.3) is 0 Å². The minimum atomic E-state index is -0.647. The van der Waals surface area contributed by atoms with Gasteiger partial charge in [0.15, 0.2) is 0 Å². The standard InChI is InChI=1S/C13H20O/c1-3-5-8-12-9-6-7-11-13(12,14)10-4-2/h4,6-7,9,14H,2-3,5,8,10-11H2,1H3. The molecule has 0 saturated carbocycles. The molecule has 0 saturated heterocycles. The molecule has 0 aromatic rings. The van der Waals surface area contributed by atoms with E-state index in [1.165, 1.54) is 12.0 Å². The monoisotopic (exact) mass is 192 g/mol. The van der Waals surface area contributed by atoms with Crippen LogP contribution in [0.2, 0.25) is 0 Å². The Morgan fingerprint density at radius 1 is 1.64 bits per heavy atom. The predicted molar refractivity (Wildman–Crippen MR) is 61.1 cm³/mol. The molecule has 0 aliphatic heterocycles. The number of hydrogen-bond donors (Lipinski definition) is 1. The molecule has 1 atom stereocenters. The van der Waals surface area contributed by atoms with Gasteiger partial charge < -0.3 is 5.11 Å². The molecule has 1 aliphatic rings. The molecule has 14 heavy (non-hydrogen) atoms. The second-order valence-corrected chi connectivity index (χ2v) is 3.95. The molecule has 0 spiro atoms. The molecule has 0 aromatic heterocycles. The first-order valence-electron chi connectivity index (χ1n) is 5.42. The van der Waals surface area contributed by atoms with Gasteiger partial charge in [0.2, 0.25) is 0 Å². The zero-order valence-corrected chi connectivity index (χ0v) is 9.00. The van der Waals surface area contributed by atoms with Crippen molar-refractivity contribution in [2.75, 3.05) is 0 Å². The third-order valence-electron chi connectivity index (χ3n) is 2.77. The summed E-state index contributed by atoms with van der Waals surface area (Å²) in [4.78, 5) is 0. The van der Waals surface area contributed by atoms with Crippen LogP contribution in [0.4, 0.5) is 0 Å². The van der Waals surface area contributed by atoms with E-state index >= 15 is 0 Å². The van der Waals surface area contributed by atoms with Crippen molar-refractivity contribution < 1.29 is 5.11 Å². The number of allylic oxidation sites excluding steroid dienone is 2. The summed E-state index contributed by atoms with van der Waals surface area (Å²) >= 11 is 0. The van der Waals surface area contributed by atoms with E-state index in [4.69, 9.17) is 0 Å². The number of unbranched alkanes of at least 4 members (excludes halogenated alkanes) is 1. The van der Waals surface area contributed by atoms with Crippen molar-refractivity contribution in [2.45, 2.75) is 44.6 Å². The maximum absolute atomic E-state index is 10.4. The summed E-state index contributed by atoms with van der Waals surface area (Å²) < 4.78 is 0. The highest BCUT2D eigenvalue weighted by molar-refractivity contribution is 5.29. The highest BCUT2D eigenvalue weighted by atomic mass is 16.3. The number of rotatable bonds is 5. The van der Waals surface area contributed by atoms with Crippen molar-refractivity contribution >= 4 is 0 Å². The number of aliphatic hydroxyl groups is 1. The van der Waals surface area contributed by atoms with Gasteiger partial charge in [0.05, 0.1) is 5.60 Å². The van der Waals surface area contributed by atoms with Crippen LogP contribution in [0.5, 0.6) is 0 Å². The summed E-state index contributed by atoms with van der Waals surface area (Å²) in [6, 6.07) is 0. The minimum absolute atomic E-state index is 0.647. The molecule has 0 fully saturated rings. The topological polar surface area (TPSA) is 20.2 Å². The summed E-state index contributed by atoms with van der Waals surface area (Å²) in [6.45, 7) is 5.88. The van der Waals surface area contributed by atoms with Gasteiger partial charge in [0.25, 0.3) is 0 Å². The van der Waals surface area contributed by atoms with Crippen LogP contribution >= 0.6 is 0 Å². The minimum Gasteiger partial charge on any atom is -0.385 e. The molecule has 1 heteroatoms. The van der Waals surface area contributed by atoms with Crippen LogP contribution in [0.3, 0.4) is 0 Å². The highest BCUT2D eigenvalue weighted by Gasteiger charge is 2.29. The molecule has 1 unspecified atom stereocenters. The van der Waals surface area contributed by atoms with Crippen molar-refractivity contribution in [1.82, 2.24) is 0 Å². The zero-order valence-electron chi connectivity index (χ0n) is 9.00. The summed E-state index contributed by atoms with van der Waals surface area (Å²) in [5.41, 5.74) is 0.521. The Labute approximate surface area is 86.8 Å². The molecule has 0 radical (unpaired) electrons. The lowest BCUT2D eigenvalue weighted by molar-refractivity contribution is 0.0793. The van der Waals surface area contributed by atoms with Crippen molar-refractivity contribution in [3.05, 3.63) is 36.5 Å². The van der Waals surface area contributed by atoms with Crippen LogP contribution in [0.1, 0.15) is 39.0 Å². The molecule has 0 bridgehead atoms. The van der Waals surface area contributed by atoms with Crippen LogP contribution in [0, 0.1) is 0 Å². The first-order chi connectivity index (χ1) is 6.73. The predicted octanol–water partition coefficient (Wildman–Crippen LogP) is 3.37. The first-order valence-corrected chi connectivity index (χ1v) is 5.42. The Morgan fingerprint density at radius 2 is 2.43 bits per heavy atom. The van der Waals surface area contributed by atoms with Crippen LogP contribution in [0.15, 0.2) is 36.5 Å². The van der Waals surface area contributed by atoms with E-state index in [1.54, 1.807) is 6.08 Å². The molecule has 1 nitrogen and oxygen atoms in total. The molecule has 1 rings (SSSR count). The molecule has 0 aromatic carbocycles. The average Bonchev–Trinajstić information content (AvgIpc) is 2.17. The molecule has 0 amide bonds. The lowest BCUT2D eigenvalue weighted by Crippen LogP contribution is -2.31. The first kappa shape index (κ1) is 11.3. The van der Waals surface area contributed by atoms with Gasteiger partial charge in [-0.25, -0.2) is 0 Å². The Balaban J connectivity index is 2.69. The van der Waals surface area contributed by atoms with Crippen LogP contribution in [-0.4, -0.2) is 10.7 Å².